The summed E-state index contributed by atoms with van der Waals surface area (Å²) in [6.45, 7) is 4.45. The van der Waals surface area contributed by atoms with E-state index in [2.05, 4.69) is 68.1 Å². The minimum atomic E-state index is 0.576. The molecule has 0 aliphatic carbocycles. The van der Waals surface area contributed by atoms with Crippen LogP contribution in [-0.2, 0) is 7.05 Å². The Balaban J connectivity index is 2.43. The molecule has 0 saturated heterocycles. The van der Waals surface area contributed by atoms with Crippen molar-refractivity contribution in [3.63, 3.8) is 0 Å². The molecule has 0 saturated carbocycles. The number of aryl methyl sites for hydroxylation is 1. The molecule has 0 atom stereocenters. The van der Waals surface area contributed by atoms with Crippen molar-refractivity contribution in [1.82, 2.24) is 4.57 Å². The fourth-order valence-electron chi connectivity index (χ4n) is 1.94. The maximum Gasteiger partial charge on any atom is 0.0203 e. The van der Waals surface area contributed by atoms with Gasteiger partial charge in [-0.1, -0.05) is 44.2 Å². The smallest absolute Gasteiger partial charge is 0.0203 e. The van der Waals surface area contributed by atoms with Gasteiger partial charge in [-0.25, -0.2) is 0 Å². The van der Waals surface area contributed by atoms with Crippen molar-refractivity contribution in [2.24, 2.45) is 7.05 Å². The van der Waals surface area contributed by atoms with Gasteiger partial charge in [0.05, 0.1) is 0 Å². The van der Waals surface area contributed by atoms with Crippen molar-refractivity contribution in [3.05, 3.63) is 48.3 Å². The van der Waals surface area contributed by atoms with Crippen LogP contribution in [0, 0.1) is 0 Å². The van der Waals surface area contributed by atoms with E-state index >= 15 is 0 Å². The monoisotopic (exact) mass is 199 g/mol. The van der Waals surface area contributed by atoms with Gasteiger partial charge in [-0.3, -0.25) is 0 Å². The molecule has 1 heterocycles. The Kier molecular flexibility index (Phi) is 2.63. The second kappa shape index (κ2) is 3.93. The quantitative estimate of drug-likeness (QED) is 0.693. The van der Waals surface area contributed by atoms with Gasteiger partial charge in [0.15, 0.2) is 0 Å². The van der Waals surface area contributed by atoms with Gasteiger partial charge >= 0.3 is 0 Å². The maximum atomic E-state index is 2.28. The zero-order valence-electron chi connectivity index (χ0n) is 9.57. The molecule has 0 bridgehead atoms. The van der Waals surface area contributed by atoms with Crippen molar-refractivity contribution in [2.75, 3.05) is 0 Å². The van der Waals surface area contributed by atoms with Crippen LogP contribution in [-0.4, -0.2) is 4.57 Å². The lowest BCUT2D eigenvalue weighted by Gasteiger charge is -2.04. The fraction of sp³-hybridized carbons (Fsp3) is 0.286. The molecule has 15 heavy (non-hydrogen) atoms. The van der Waals surface area contributed by atoms with Crippen molar-refractivity contribution in [1.29, 1.82) is 0 Å². The molecule has 2 aromatic rings. The summed E-state index contributed by atoms with van der Waals surface area (Å²) in [5.74, 6) is 0.576. The van der Waals surface area contributed by atoms with Crippen LogP contribution in [0.3, 0.4) is 0 Å². The van der Waals surface area contributed by atoms with E-state index in [4.69, 9.17) is 0 Å². The van der Waals surface area contributed by atoms with Gasteiger partial charge in [0.1, 0.15) is 0 Å². The summed E-state index contributed by atoms with van der Waals surface area (Å²) in [5.41, 5.74) is 3.98. The molecular formula is C14H17N. The molecule has 2 rings (SSSR count). The summed E-state index contributed by atoms with van der Waals surface area (Å²) < 4.78 is 2.22. The number of hydrogen-bond donors (Lipinski definition) is 0. The molecule has 0 aliphatic heterocycles. The number of nitrogens with zero attached hydrogens (tertiary/aromatic N) is 1. The third kappa shape index (κ3) is 1.96. The molecular weight excluding hydrogens is 182 g/mol. The van der Waals surface area contributed by atoms with E-state index in [9.17, 15) is 0 Å². The zero-order valence-corrected chi connectivity index (χ0v) is 9.57. The Hall–Kier alpha value is -1.50. The van der Waals surface area contributed by atoms with Gasteiger partial charge in [-0.2, -0.15) is 0 Å². The molecule has 0 spiro atoms. The summed E-state index contributed by atoms with van der Waals surface area (Å²) in [6.07, 6.45) is 2.20. The average Bonchev–Trinajstić information content (AvgIpc) is 2.62. The minimum Gasteiger partial charge on any atom is -0.354 e. The van der Waals surface area contributed by atoms with Crippen LogP contribution in [0.2, 0.25) is 0 Å². The topological polar surface area (TPSA) is 4.93 Å². The maximum absolute atomic E-state index is 2.28. The van der Waals surface area contributed by atoms with Gasteiger partial charge < -0.3 is 4.57 Å². The Morgan fingerprint density at radius 2 is 1.67 bits per heavy atom. The van der Waals surface area contributed by atoms with Gasteiger partial charge in [0, 0.05) is 18.9 Å². The van der Waals surface area contributed by atoms with E-state index in [1.165, 1.54) is 16.8 Å². The normalized spacial score (nSPS) is 10.9. The molecule has 78 valence electrons. The van der Waals surface area contributed by atoms with Gasteiger partial charge in [0.25, 0.3) is 0 Å². The lowest BCUT2D eigenvalue weighted by molar-refractivity contribution is 0.741. The van der Waals surface area contributed by atoms with E-state index in [1.807, 2.05) is 0 Å². The highest BCUT2D eigenvalue weighted by atomic mass is 14.9. The van der Waals surface area contributed by atoms with Crippen LogP contribution in [0.25, 0.3) is 11.1 Å². The largest absolute Gasteiger partial charge is 0.354 e. The third-order valence-electron chi connectivity index (χ3n) is 2.74. The molecule has 1 nitrogen and oxygen atoms in total. The predicted molar refractivity (Wildman–Crippen MR) is 64.9 cm³/mol. The first-order valence-electron chi connectivity index (χ1n) is 5.40. The van der Waals surface area contributed by atoms with Crippen molar-refractivity contribution < 1.29 is 0 Å². The molecule has 0 radical (unpaired) electrons. The number of rotatable bonds is 2. The van der Waals surface area contributed by atoms with Crippen LogP contribution in [0.5, 0.6) is 0 Å². The average molecular weight is 199 g/mol. The molecule has 0 aliphatic rings. The molecule has 1 aromatic heterocycles. The summed E-state index contributed by atoms with van der Waals surface area (Å²) in [7, 11) is 2.11. The second-order valence-corrected chi connectivity index (χ2v) is 4.29. The molecule has 1 aromatic carbocycles. The first kappa shape index (κ1) is 10.0. The summed E-state index contributed by atoms with van der Waals surface area (Å²) in [4.78, 5) is 0. The summed E-state index contributed by atoms with van der Waals surface area (Å²) in [6, 6.07) is 12.8. The van der Waals surface area contributed by atoms with Crippen LogP contribution >= 0.6 is 0 Å². The number of benzene rings is 1. The Labute approximate surface area is 91.4 Å². The lowest BCUT2D eigenvalue weighted by Crippen LogP contribution is -1.95. The fourth-order valence-corrected chi connectivity index (χ4v) is 1.94. The molecule has 0 unspecified atom stereocenters. The predicted octanol–water partition coefficient (Wildman–Crippen LogP) is 3.82. The van der Waals surface area contributed by atoms with E-state index in [-0.39, 0.29) is 0 Å². The van der Waals surface area contributed by atoms with Gasteiger partial charge in [0.2, 0.25) is 0 Å². The highest BCUT2D eigenvalue weighted by Crippen LogP contribution is 2.25. The first-order chi connectivity index (χ1) is 7.18. The van der Waals surface area contributed by atoms with Crippen molar-refractivity contribution >= 4 is 0 Å². The molecule has 1 heteroatoms. The van der Waals surface area contributed by atoms with E-state index in [1.54, 1.807) is 0 Å². The third-order valence-corrected chi connectivity index (χ3v) is 2.74. The van der Waals surface area contributed by atoms with E-state index < -0.39 is 0 Å². The van der Waals surface area contributed by atoms with Crippen LogP contribution in [0.1, 0.15) is 25.5 Å². The van der Waals surface area contributed by atoms with Crippen molar-refractivity contribution in [2.45, 2.75) is 19.8 Å². The summed E-state index contributed by atoms with van der Waals surface area (Å²) >= 11 is 0. The highest BCUT2D eigenvalue weighted by molar-refractivity contribution is 5.63. The Bertz CT molecular complexity index is 438. The molecule has 0 fully saturated rings. The van der Waals surface area contributed by atoms with E-state index in [0.29, 0.717) is 5.92 Å². The first-order valence-corrected chi connectivity index (χ1v) is 5.40. The minimum absolute atomic E-state index is 0.576. The second-order valence-electron chi connectivity index (χ2n) is 4.29. The Morgan fingerprint density at radius 3 is 2.20 bits per heavy atom. The van der Waals surface area contributed by atoms with Crippen molar-refractivity contribution in [3.8, 4) is 11.1 Å². The zero-order chi connectivity index (χ0) is 10.8. The molecule has 0 N–H and O–H groups in total. The van der Waals surface area contributed by atoms with E-state index in [0.717, 1.165) is 0 Å². The lowest BCUT2D eigenvalue weighted by atomic mass is 10.1. The standard InChI is InChI=1S/C14H17N/c1-11(2)14-9-13(10-15(14)3)12-7-5-4-6-8-12/h4-11H,1-3H3. The number of aromatic nitrogens is 1. The van der Waals surface area contributed by atoms with Crippen LogP contribution in [0.15, 0.2) is 42.6 Å². The van der Waals surface area contributed by atoms with Crippen LogP contribution < -0.4 is 0 Å². The highest BCUT2D eigenvalue weighted by Gasteiger charge is 2.07. The van der Waals surface area contributed by atoms with Gasteiger partial charge in [-0.05, 0) is 23.1 Å². The number of hydrogen-bond acceptors (Lipinski definition) is 0. The molecule has 0 amide bonds. The van der Waals surface area contributed by atoms with Gasteiger partial charge in [-0.15, -0.1) is 0 Å². The van der Waals surface area contributed by atoms with Crippen LogP contribution in [0.4, 0.5) is 0 Å². The summed E-state index contributed by atoms with van der Waals surface area (Å²) in [5, 5.41) is 0. The SMILES string of the molecule is CC(C)c1cc(-c2ccccc2)cn1C. The Morgan fingerprint density at radius 1 is 1.00 bits per heavy atom.